The largest absolute Gasteiger partial charge is 0.399 e. The minimum atomic E-state index is -1.36. The van der Waals surface area contributed by atoms with Gasteiger partial charge in [-0.15, -0.1) is 0 Å². The number of fused-ring (bicyclic) bond motifs is 1. The maximum atomic E-state index is 9.57. The molecule has 0 saturated carbocycles. The van der Waals surface area contributed by atoms with Gasteiger partial charge in [0.15, 0.2) is 5.41 Å². The zero-order valence-corrected chi connectivity index (χ0v) is 11.8. The molecular formula is C16H18N4. The van der Waals surface area contributed by atoms with Gasteiger partial charge in [0.1, 0.15) is 6.07 Å². The van der Waals surface area contributed by atoms with E-state index < -0.39 is 5.41 Å². The Bertz CT molecular complexity index is 592. The van der Waals surface area contributed by atoms with Crippen molar-refractivity contribution in [3.63, 3.8) is 0 Å². The van der Waals surface area contributed by atoms with Crippen molar-refractivity contribution in [3.05, 3.63) is 22.9 Å². The van der Waals surface area contributed by atoms with Crippen LogP contribution in [0.4, 0.5) is 0 Å². The second-order valence-electron chi connectivity index (χ2n) is 5.79. The summed E-state index contributed by atoms with van der Waals surface area (Å²) < 4.78 is 0. The molecule has 0 fully saturated rings. The molecule has 4 nitrogen and oxygen atoms in total. The van der Waals surface area contributed by atoms with Crippen molar-refractivity contribution in [1.82, 2.24) is 0 Å². The topological polar surface area (TPSA) is 97.4 Å². The van der Waals surface area contributed by atoms with Crippen LogP contribution in [0.3, 0.4) is 0 Å². The Hall–Kier alpha value is -2.25. The van der Waals surface area contributed by atoms with Crippen LogP contribution in [-0.4, -0.2) is 0 Å². The van der Waals surface area contributed by atoms with E-state index >= 15 is 0 Å². The number of rotatable bonds is 1. The highest BCUT2D eigenvalue weighted by atomic mass is 14.7. The van der Waals surface area contributed by atoms with E-state index in [4.69, 9.17) is 5.73 Å². The highest BCUT2D eigenvalue weighted by molar-refractivity contribution is 5.56. The summed E-state index contributed by atoms with van der Waals surface area (Å²) in [5.41, 5.74) is 6.16. The summed E-state index contributed by atoms with van der Waals surface area (Å²) >= 11 is 0. The predicted molar refractivity (Wildman–Crippen MR) is 74.2 cm³/mol. The first-order valence-corrected chi connectivity index (χ1v) is 6.98. The standard InChI is InChI=1S/C16H18N4/c1-3-14-12-6-10(2)4-5-11(12)13(7-17)15(20)16(14,8-18)9-19/h5,10,12,14H,3-4,6,20H2,1-2H3/t10-,12+,14-/m1/s1. The van der Waals surface area contributed by atoms with Crippen molar-refractivity contribution in [3.8, 4) is 18.2 Å². The molecule has 0 unspecified atom stereocenters. The Morgan fingerprint density at radius 3 is 2.50 bits per heavy atom. The third-order valence-electron chi connectivity index (χ3n) is 4.72. The van der Waals surface area contributed by atoms with Gasteiger partial charge in [-0.1, -0.05) is 19.9 Å². The Morgan fingerprint density at radius 1 is 1.35 bits per heavy atom. The second kappa shape index (κ2) is 5.03. The quantitative estimate of drug-likeness (QED) is 0.789. The summed E-state index contributed by atoms with van der Waals surface area (Å²) in [6, 6.07) is 6.34. The molecule has 0 heterocycles. The minimum Gasteiger partial charge on any atom is -0.399 e. The first-order valence-electron chi connectivity index (χ1n) is 6.98. The molecule has 0 aromatic carbocycles. The van der Waals surface area contributed by atoms with Crippen LogP contribution in [0, 0.1) is 57.2 Å². The van der Waals surface area contributed by atoms with Gasteiger partial charge in [-0.25, -0.2) is 0 Å². The molecule has 20 heavy (non-hydrogen) atoms. The van der Waals surface area contributed by atoms with Crippen molar-refractivity contribution in [1.29, 1.82) is 15.8 Å². The number of nitrogens with zero attached hydrogens (tertiary/aromatic N) is 3. The molecule has 102 valence electrons. The summed E-state index contributed by atoms with van der Waals surface area (Å²) in [4.78, 5) is 0. The molecule has 3 atom stereocenters. The molecule has 0 spiro atoms. The Morgan fingerprint density at radius 2 is 2.00 bits per heavy atom. The summed E-state index contributed by atoms with van der Waals surface area (Å²) in [6.45, 7) is 4.14. The fourth-order valence-corrected chi connectivity index (χ4v) is 3.69. The number of nitrogens with two attached hydrogens (primary N) is 1. The van der Waals surface area contributed by atoms with Gasteiger partial charge < -0.3 is 5.73 Å². The van der Waals surface area contributed by atoms with Crippen molar-refractivity contribution in [2.24, 2.45) is 28.9 Å². The van der Waals surface area contributed by atoms with Gasteiger partial charge in [-0.3, -0.25) is 0 Å². The summed E-state index contributed by atoms with van der Waals surface area (Å²) in [6.07, 6.45) is 4.61. The number of nitriles is 3. The first kappa shape index (κ1) is 14.2. The molecule has 4 heteroatoms. The molecule has 0 amide bonds. The molecule has 0 aliphatic heterocycles. The molecular weight excluding hydrogens is 248 g/mol. The lowest BCUT2D eigenvalue weighted by Gasteiger charge is -2.43. The Kier molecular flexibility index (Phi) is 3.56. The first-order chi connectivity index (χ1) is 9.55. The van der Waals surface area contributed by atoms with Crippen LogP contribution in [-0.2, 0) is 0 Å². The average molecular weight is 266 g/mol. The van der Waals surface area contributed by atoms with Crippen molar-refractivity contribution >= 4 is 0 Å². The van der Waals surface area contributed by atoms with Crippen molar-refractivity contribution < 1.29 is 0 Å². The predicted octanol–water partition coefficient (Wildman–Crippen LogP) is 2.77. The summed E-state index contributed by atoms with van der Waals surface area (Å²) in [5.74, 6) is 0.459. The molecule has 0 bridgehead atoms. The van der Waals surface area contributed by atoms with Crippen molar-refractivity contribution in [2.75, 3.05) is 0 Å². The molecule has 2 aliphatic rings. The molecule has 2 aliphatic carbocycles. The van der Waals surface area contributed by atoms with Gasteiger partial charge in [-0.2, -0.15) is 15.8 Å². The molecule has 2 rings (SSSR count). The number of allylic oxidation sites excluding steroid dienone is 4. The average Bonchev–Trinajstić information content (AvgIpc) is 2.46. The molecule has 0 aromatic heterocycles. The lowest BCUT2D eigenvalue weighted by Crippen LogP contribution is -2.44. The maximum Gasteiger partial charge on any atom is 0.187 e. The molecule has 0 saturated heterocycles. The third kappa shape index (κ3) is 1.71. The Labute approximate surface area is 119 Å². The second-order valence-corrected chi connectivity index (χ2v) is 5.79. The maximum absolute atomic E-state index is 9.57. The van der Waals surface area contributed by atoms with Gasteiger partial charge in [0.2, 0.25) is 0 Å². The van der Waals surface area contributed by atoms with Crippen LogP contribution in [0.15, 0.2) is 22.9 Å². The van der Waals surface area contributed by atoms with Gasteiger partial charge >= 0.3 is 0 Å². The van der Waals surface area contributed by atoms with Gasteiger partial charge in [0.05, 0.1) is 23.4 Å². The van der Waals surface area contributed by atoms with Crippen molar-refractivity contribution in [2.45, 2.75) is 33.1 Å². The number of hydrogen-bond donors (Lipinski definition) is 1. The SMILES string of the molecule is CC[C@@H]1[C@H]2C[C@H](C)CC=C2C(C#N)=C(N)C1(C#N)C#N. The van der Waals surface area contributed by atoms with Crippen LogP contribution in [0.25, 0.3) is 0 Å². The van der Waals surface area contributed by atoms with E-state index in [-0.39, 0.29) is 17.5 Å². The number of hydrogen-bond acceptors (Lipinski definition) is 4. The van der Waals surface area contributed by atoms with E-state index in [1.807, 2.05) is 6.92 Å². The lowest BCUT2D eigenvalue weighted by atomic mass is 9.57. The normalized spacial score (nSPS) is 31.4. The molecule has 0 aromatic rings. The lowest BCUT2D eigenvalue weighted by molar-refractivity contribution is 0.207. The van der Waals surface area contributed by atoms with Gasteiger partial charge in [-0.05, 0) is 36.7 Å². The van der Waals surface area contributed by atoms with E-state index in [0.29, 0.717) is 17.9 Å². The van der Waals surface area contributed by atoms with Gasteiger partial charge in [0.25, 0.3) is 0 Å². The summed E-state index contributed by atoms with van der Waals surface area (Å²) in [7, 11) is 0. The van der Waals surface area contributed by atoms with Crippen LogP contribution in [0.5, 0.6) is 0 Å². The van der Waals surface area contributed by atoms with E-state index in [2.05, 4.69) is 31.2 Å². The van der Waals surface area contributed by atoms with Crippen LogP contribution < -0.4 is 5.73 Å². The molecule has 2 N–H and O–H groups in total. The Balaban J connectivity index is 2.73. The fraction of sp³-hybridized carbons (Fsp3) is 0.562. The zero-order chi connectivity index (χ0) is 14.9. The monoisotopic (exact) mass is 266 g/mol. The summed E-state index contributed by atoms with van der Waals surface area (Å²) in [5, 5.41) is 28.5. The highest BCUT2D eigenvalue weighted by Crippen LogP contribution is 2.53. The molecule has 0 radical (unpaired) electrons. The fourth-order valence-electron chi connectivity index (χ4n) is 3.69. The van der Waals surface area contributed by atoms with E-state index in [0.717, 1.165) is 18.4 Å². The van der Waals surface area contributed by atoms with Gasteiger partial charge in [0, 0.05) is 5.92 Å². The van der Waals surface area contributed by atoms with Crippen LogP contribution >= 0.6 is 0 Å². The van der Waals surface area contributed by atoms with Crippen LogP contribution in [0.2, 0.25) is 0 Å². The van der Waals surface area contributed by atoms with Crippen LogP contribution in [0.1, 0.15) is 33.1 Å². The third-order valence-corrected chi connectivity index (χ3v) is 4.72. The van der Waals surface area contributed by atoms with E-state index in [1.165, 1.54) is 0 Å². The van der Waals surface area contributed by atoms with E-state index in [1.54, 1.807) is 0 Å². The smallest absolute Gasteiger partial charge is 0.187 e. The van der Waals surface area contributed by atoms with E-state index in [9.17, 15) is 15.8 Å². The minimum absolute atomic E-state index is 0.0880. The zero-order valence-electron chi connectivity index (χ0n) is 11.8. The highest BCUT2D eigenvalue weighted by Gasteiger charge is 2.52.